The standard InChI is InChI=1S/C28H28ClN3OS2/c1-32(21-7-5-8-22(17-21)33-2)27-12-6-11-26(31-27)28(20-14-16-34-19-20)15-13-23(18-30-28)35-25-10-4-3-9-24(25)29/h3-12,14,16-17,19,23,30H,13,15,18H2,1-2H3. The highest BCUT2D eigenvalue weighted by molar-refractivity contribution is 8.00. The summed E-state index contributed by atoms with van der Waals surface area (Å²) in [6.07, 6.45) is 2.03. The summed E-state index contributed by atoms with van der Waals surface area (Å²) < 4.78 is 5.42. The lowest BCUT2D eigenvalue weighted by Crippen LogP contribution is -2.50. The van der Waals surface area contributed by atoms with Gasteiger partial charge in [0.15, 0.2) is 0 Å². The minimum absolute atomic E-state index is 0.317. The van der Waals surface area contributed by atoms with Crippen LogP contribution in [0.4, 0.5) is 11.5 Å². The summed E-state index contributed by atoms with van der Waals surface area (Å²) in [7, 11) is 3.73. The number of rotatable bonds is 7. The highest BCUT2D eigenvalue weighted by Gasteiger charge is 2.40. The number of pyridine rings is 1. The van der Waals surface area contributed by atoms with Gasteiger partial charge >= 0.3 is 0 Å². The Bertz CT molecular complexity index is 1270. The van der Waals surface area contributed by atoms with E-state index in [2.05, 4.69) is 57.4 Å². The molecule has 4 aromatic rings. The van der Waals surface area contributed by atoms with Crippen LogP contribution in [0.2, 0.25) is 5.02 Å². The second-order valence-corrected chi connectivity index (χ2v) is 11.2. The van der Waals surface area contributed by atoms with Crippen LogP contribution in [-0.2, 0) is 5.54 Å². The predicted molar refractivity (Wildman–Crippen MR) is 149 cm³/mol. The van der Waals surface area contributed by atoms with Crippen molar-refractivity contribution in [1.29, 1.82) is 0 Å². The lowest BCUT2D eigenvalue weighted by Gasteiger charge is -2.41. The lowest BCUT2D eigenvalue weighted by molar-refractivity contribution is 0.309. The molecule has 2 atom stereocenters. The Kier molecular flexibility index (Phi) is 7.35. The first-order chi connectivity index (χ1) is 17.1. The van der Waals surface area contributed by atoms with Crippen molar-refractivity contribution in [2.24, 2.45) is 0 Å². The molecule has 2 aromatic carbocycles. The average molecular weight is 522 g/mol. The van der Waals surface area contributed by atoms with Crippen LogP contribution in [0, 0.1) is 0 Å². The molecule has 180 valence electrons. The van der Waals surface area contributed by atoms with Crippen LogP contribution in [0.25, 0.3) is 0 Å². The largest absolute Gasteiger partial charge is 0.497 e. The quantitative estimate of drug-likeness (QED) is 0.275. The van der Waals surface area contributed by atoms with Crippen LogP contribution >= 0.6 is 34.7 Å². The Hall–Kier alpha value is -2.51. The molecule has 7 heteroatoms. The highest BCUT2D eigenvalue weighted by atomic mass is 35.5. The fourth-order valence-electron chi connectivity index (χ4n) is 4.60. The van der Waals surface area contributed by atoms with E-state index in [0.717, 1.165) is 52.3 Å². The Balaban J connectivity index is 1.42. The molecule has 5 rings (SSSR count). The van der Waals surface area contributed by atoms with Crippen molar-refractivity contribution in [3.63, 3.8) is 0 Å². The first-order valence-electron chi connectivity index (χ1n) is 11.6. The molecule has 1 fully saturated rings. The number of nitrogens with one attached hydrogen (secondary N) is 1. The van der Waals surface area contributed by atoms with Crippen LogP contribution in [0.5, 0.6) is 5.75 Å². The second kappa shape index (κ2) is 10.6. The van der Waals surface area contributed by atoms with Crippen LogP contribution in [-0.4, -0.2) is 30.9 Å². The van der Waals surface area contributed by atoms with E-state index < -0.39 is 0 Å². The van der Waals surface area contributed by atoms with Crippen molar-refractivity contribution in [1.82, 2.24) is 10.3 Å². The van der Waals surface area contributed by atoms with Gasteiger partial charge in [0.1, 0.15) is 11.6 Å². The maximum atomic E-state index is 6.43. The van der Waals surface area contributed by atoms with Crippen molar-refractivity contribution < 1.29 is 4.74 Å². The number of anilines is 2. The highest BCUT2D eigenvalue weighted by Crippen LogP contribution is 2.42. The van der Waals surface area contributed by atoms with Crippen LogP contribution in [0.3, 0.4) is 0 Å². The van der Waals surface area contributed by atoms with Crippen LogP contribution in [0.15, 0.2) is 88.5 Å². The fourth-order valence-corrected chi connectivity index (χ4v) is 6.69. The van der Waals surface area contributed by atoms with Crippen molar-refractivity contribution in [2.45, 2.75) is 28.5 Å². The zero-order valence-corrected chi connectivity index (χ0v) is 22.2. The van der Waals surface area contributed by atoms with Gasteiger partial charge in [-0.15, -0.1) is 11.8 Å². The maximum absolute atomic E-state index is 6.43. The van der Waals surface area contributed by atoms with E-state index in [1.54, 1.807) is 18.4 Å². The molecule has 2 unspecified atom stereocenters. The summed E-state index contributed by atoms with van der Waals surface area (Å²) in [6, 6.07) is 24.7. The molecule has 2 aromatic heterocycles. The number of hydrogen-bond donors (Lipinski definition) is 1. The summed E-state index contributed by atoms with van der Waals surface area (Å²) in [5, 5.41) is 9.57. The summed E-state index contributed by atoms with van der Waals surface area (Å²) >= 11 is 10.0. The second-order valence-electron chi connectivity index (χ2n) is 8.65. The van der Waals surface area contributed by atoms with Gasteiger partial charge in [0.25, 0.3) is 0 Å². The average Bonchev–Trinajstić information content (AvgIpc) is 3.46. The first-order valence-corrected chi connectivity index (χ1v) is 13.8. The zero-order valence-electron chi connectivity index (χ0n) is 19.8. The summed E-state index contributed by atoms with van der Waals surface area (Å²) in [6.45, 7) is 0.878. The smallest absolute Gasteiger partial charge is 0.133 e. The molecule has 35 heavy (non-hydrogen) atoms. The van der Waals surface area contributed by atoms with Crippen LogP contribution in [0.1, 0.15) is 24.1 Å². The van der Waals surface area contributed by atoms with Gasteiger partial charge in [0.05, 0.1) is 23.4 Å². The molecular formula is C28H28ClN3OS2. The maximum Gasteiger partial charge on any atom is 0.133 e. The third-order valence-electron chi connectivity index (χ3n) is 6.57. The molecule has 0 bridgehead atoms. The van der Waals surface area contributed by atoms with Gasteiger partial charge < -0.3 is 15.0 Å². The lowest BCUT2D eigenvalue weighted by atomic mass is 9.80. The Morgan fingerprint density at radius 2 is 1.97 bits per heavy atom. The van der Waals surface area contributed by atoms with E-state index in [1.165, 1.54) is 5.56 Å². The van der Waals surface area contributed by atoms with Gasteiger partial charge in [0.2, 0.25) is 0 Å². The minimum Gasteiger partial charge on any atom is -0.497 e. The molecule has 3 heterocycles. The number of aromatic nitrogens is 1. The third-order valence-corrected chi connectivity index (χ3v) is 9.04. The normalized spacial score (nSPS) is 19.9. The third kappa shape index (κ3) is 5.07. The van der Waals surface area contributed by atoms with Crippen molar-refractivity contribution >= 4 is 46.2 Å². The molecule has 1 N–H and O–H groups in total. The van der Waals surface area contributed by atoms with E-state index >= 15 is 0 Å². The number of thiophene rings is 1. The first kappa shape index (κ1) is 24.2. The topological polar surface area (TPSA) is 37.4 Å². The molecule has 0 amide bonds. The monoisotopic (exact) mass is 521 g/mol. The predicted octanol–water partition coefficient (Wildman–Crippen LogP) is 7.36. The summed E-state index contributed by atoms with van der Waals surface area (Å²) in [5.41, 5.74) is 3.04. The Labute approximate surface area is 220 Å². The number of ether oxygens (including phenoxy) is 1. The number of hydrogen-bond acceptors (Lipinski definition) is 6. The number of methoxy groups -OCH3 is 1. The number of halogens is 1. The Morgan fingerprint density at radius 3 is 2.71 bits per heavy atom. The van der Waals surface area contributed by atoms with Gasteiger partial charge in [-0.3, -0.25) is 0 Å². The van der Waals surface area contributed by atoms with Gasteiger partial charge in [-0.25, -0.2) is 4.98 Å². The van der Waals surface area contributed by atoms with Gasteiger partial charge in [-0.2, -0.15) is 11.3 Å². The molecular weight excluding hydrogens is 494 g/mol. The number of benzene rings is 2. The van der Waals surface area contributed by atoms with Crippen LogP contribution < -0.4 is 15.0 Å². The molecule has 1 aliphatic rings. The van der Waals surface area contributed by atoms with Gasteiger partial charge in [0, 0.05) is 35.5 Å². The molecule has 1 saturated heterocycles. The number of thioether (sulfide) groups is 1. The van der Waals surface area contributed by atoms with E-state index in [0.29, 0.717) is 5.25 Å². The number of nitrogens with zero attached hydrogens (tertiary/aromatic N) is 2. The molecule has 1 aliphatic heterocycles. The van der Waals surface area contributed by atoms with E-state index in [-0.39, 0.29) is 5.54 Å². The summed E-state index contributed by atoms with van der Waals surface area (Å²) in [4.78, 5) is 8.42. The zero-order chi connectivity index (χ0) is 24.3. The number of piperidine rings is 1. The van der Waals surface area contributed by atoms with Gasteiger partial charge in [-0.1, -0.05) is 35.9 Å². The fraction of sp³-hybridized carbons (Fsp3) is 0.250. The summed E-state index contributed by atoms with van der Waals surface area (Å²) in [5.74, 6) is 1.73. The molecule has 0 saturated carbocycles. The minimum atomic E-state index is -0.317. The van der Waals surface area contributed by atoms with Gasteiger partial charge in [-0.05, 0) is 71.6 Å². The van der Waals surface area contributed by atoms with Crippen molar-refractivity contribution in [3.8, 4) is 5.75 Å². The molecule has 0 spiro atoms. The Morgan fingerprint density at radius 1 is 1.11 bits per heavy atom. The van der Waals surface area contributed by atoms with E-state index in [9.17, 15) is 0 Å². The van der Waals surface area contributed by atoms with E-state index in [4.69, 9.17) is 21.3 Å². The molecule has 0 radical (unpaired) electrons. The SMILES string of the molecule is COc1cccc(N(C)c2cccc(C3(c4ccsc4)CCC(Sc4ccccc4Cl)CN3)n2)c1. The molecule has 0 aliphatic carbocycles. The van der Waals surface area contributed by atoms with Crippen molar-refractivity contribution in [2.75, 3.05) is 25.6 Å². The molecule has 4 nitrogen and oxygen atoms in total. The van der Waals surface area contributed by atoms with E-state index in [1.807, 2.05) is 55.2 Å². The van der Waals surface area contributed by atoms with Crippen molar-refractivity contribution in [3.05, 3.63) is 99.8 Å².